The molecule has 2 N–H and O–H groups in total. The summed E-state index contributed by atoms with van der Waals surface area (Å²) in [6, 6.07) is 0. The molecule has 0 aliphatic carbocycles. The summed E-state index contributed by atoms with van der Waals surface area (Å²) in [5, 5.41) is 10.3. The van der Waals surface area contributed by atoms with Gasteiger partial charge in [0.25, 0.3) is 0 Å². The number of hydrogen-bond donors (Lipinski definition) is 2. The van der Waals surface area contributed by atoms with Crippen LogP contribution in [0.15, 0.2) is 0 Å². The van der Waals surface area contributed by atoms with E-state index < -0.39 is 11.5 Å². The van der Waals surface area contributed by atoms with Crippen LogP contribution in [0.2, 0.25) is 0 Å². The Morgan fingerprint density at radius 1 is 1.60 bits per heavy atom. The van der Waals surface area contributed by atoms with E-state index in [9.17, 15) is 0 Å². The fourth-order valence-corrected chi connectivity index (χ4v) is 0.862. The third-order valence-electron chi connectivity index (χ3n) is 1.44. The molecule has 0 aromatic rings. The van der Waals surface area contributed by atoms with Gasteiger partial charge in [-0.1, -0.05) is 0 Å². The van der Waals surface area contributed by atoms with Crippen molar-refractivity contribution in [1.82, 2.24) is 5.32 Å². The van der Waals surface area contributed by atoms with Crippen LogP contribution in [-0.4, -0.2) is 52.0 Å². The van der Waals surface area contributed by atoms with Crippen molar-refractivity contribution >= 4 is 15.7 Å². The van der Waals surface area contributed by atoms with Crippen molar-refractivity contribution in [2.45, 2.75) is 11.5 Å². The summed E-state index contributed by atoms with van der Waals surface area (Å²) < 4.78 is 5.08. The van der Waals surface area contributed by atoms with E-state index in [0.29, 0.717) is 13.2 Å². The molecule has 3 nitrogen and oxygen atoms in total. The largest absolute Gasteiger partial charge is 0.407 e. The van der Waals surface area contributed by atoms with Gasteiger partial charge in [0.1, 0.15) is 15.7 Å². The molecule has 1 atom stereocenters. The summed E-state index contributed by atoms with van der Waals surface area (Å²) in [6.45, 7) is 1.83. The molecule has 1 fully saturated rings. The Morgan fingerprint density at radius 3 is 2.60 bits per heavy atom. The second-order valence-corrected chi connectivity index (χ2v) is 2.45. The van der Waals surface area contributed by atoms with E-state index in [2.05, 4.69) is 5.32 Å². The molecule has 0 bridgehead atoms. The molecule has 1 heterocycles. The van der Waals surface area contributed by atoms with Gasteiger partial charge >= 0.3 is 0 Å². The normalized spacial score (nSPS) is 28.3. The Bertz CT molecular complexity index is 109. The second kappa shape index (κ2) is 2.95. The Labute approximate surface area is 63.0 Å². The molecule has 0 aromatic heterocycles. The zero-order valence-electron chi connectivity index (χ0n) is 5.71. The van der Waals surface area contributed by atoms with Crippen molar-refractivity contribution in [3.05, 3.63) is 0 Å². The van der Waals surface area contributed by atoms with Crippen LogP contribution >= 0.6 is 0 Å². The summed E-state index contributed by atoms with van der Waals surface area (Å²) in [4.78, 5) is 0. The smallest absolute Gasteiger partial charge is 0.103 e. The molecule has 1 aliphatic rings. The van der Waals surface area contributed by atoms with Gasteiger partial charge in [-0.2, -0.15) is 0 Å². The SMILES string of the molecule is [B]C([B])(O)[C@H]1CNCCO1. The van der Waals surface area contributed by atoms with E-state index in [1.165, 1.54) is 0 Å². The van der Waals surface area contributed by atoms with Crippen LogP contribution in [-0.2, 0) is 4.74 Å². The van der Waals surface area contributed by atoms with E-state index in [1.807, 2.05) is 0 Å². The minimum absolute atomic E-state index is 0.499. The monoisotopic (exact) mass is 137 g/mol. The van der Waals surface area contributed by atoms with Crippen LogP contribution in [0, 0.1) is 0 Å². The Balaban J connectivity index is 2.39. The average molecular weight is 137 g/mol. The summed E-state index contributed by atoms with van der Waals surface area (Å²) in [6.07, 6.45) is -0.499. The summed E-state index contributed by atoms with van der Waals surface area (Å²) in [5.74, 6) is 0. The van der Waals surface area contributed by atoms with Gasteiger partial charge in [-0.25, -0.2) is 0 Å². The maximum absolute atomic E-state index is 9.03. The zero-order chi connectivity index (χ0) is 7.61. The molecule has 52 valence electrons. The molecule has 0 amide bonds. The van der Waals surface area contributed by atoms with E-state index in [4.69, 9.17) is 25.5 Å². The van der Waals surface area contributed by atoms with Crippen molar-refractivity contribution in [2.75, 3.05) is 19.7 Å². The highest BCUT2D eigenvalue weighted by molar-refractivity contribution is 6.39. The van der Waals surface area contributed by atoms with Gasteiger partial charge < -0.3 is 15.2 Å². The number of hydrogen-bond acceptors (Lipinski definition) is 3. The second-order valence-electron chi connectivity index (χ2n) is 2.45. The fourth-order valence-electron chi connectivity index (χ4n) is 0.862. The zero-order valence-corrected chi connectivity index (χ0v) is 5.71. The molecule has 0 unspecified atom stereocenters. The van der Waals surface area contributed by atoms with Gasteiger partial charge in [-0.05, 0) is 0 Å². The Kier molecular flexibility index (Phi) is 2.39. The first-order valence-electron chi connectivity index (χ1n) is 3.23. The van der Waals surface area contributed by atoms with Crippen molar-refractivity contribution in [2.24, 2.45) is 0 Å². The lowest BCUT2D eigenvalue weighted by atomic mass is 9.62. The van der Waals surface area contributed by atoms with Crippen LogP contribution in [0.1, 0.15) is 0 Å². The molecule has 0 spiro atoms. The minimum Gasteiger partial charge on any atom is -0.407 e. The van der Waals surface area contributed by atoms with Crippen LogP contribution in [0.4, 0.5) is 0 Å². The molecule has 4 radical (unpaired) electrons. The third kappa shape index (κ3) is 2.01. The predicted molar refractivity (Wildman–Crippen MR) is 39.1 cm³/mol. The topological polar surface area (TPSA) is 41.5 Å². The van der Waals surface area contributed by atoms with Gasteiger partial charge in [0, 0.05) is 18.5 Å². The fraction of sp³-hybridized carbons (Fsp3) is 1.00. The summed E-state index contributed by atoms with van der Waals surface area (Å²) >= 11 is 0. The third-order valence-corrected chi connectivity index (χ3v) is 1.44. The van der Waals surface area contributed by atoms with Crippen molar-refractivity contribution in [3.63, 3.8) is 0 Å². The molecular weight excluding hydrogens is 128 g/mol. The molecule has 5 heteroatoms. The highest BCUT2D eigenvalue weighted by atomic mass is 16.5. The highest BCUT2D eigenvalue weighted by Gasteiger charge is 2.27. The van der Waals surface area contributed by atoms with Crippen molar-refractivity contribution in [3.8, 4) is 0 Å². The van der Waals surface area contributed by atoms with Gasteiger partial charge in [-0.15, -0.1) is 0 Å². The molecule has 0 aromatic carbocycles. The van der Waals surface area contributed by atoms with Gasteiger partial charge in [0.2, 0.25) is 0 Å². The lowest BCUT2D eigenvalue weighted by Gasteiger charge is -2.33. The first-order valence-corrected chi connectivity index (χ1v) is 3.23. The lowest BCUT2D eigenvalue weighted by molar-refractivity contribution is -0.0392. The van der Waals surface area contributed by atoms with Crippen molar-refractivity contribution in [1.29, 1.82) is 0 Å². The van der Waals surface area contributed by atoms with Crippen LogP contribution in [0.5, 0.6) is 0 Å². The average Bonchev–Trinajstić information content (AvgIpc) is 1.88. The van der Waals surface area contributed by atoms with Crippen molar-refractivity contribution < 1.29 is 9.84 Å². The van der Waals surface area contributed by atoms with E-state index in [1.54, 1.807) is 0 Å². The van der Waals surface area contributed by atoms with Crippen LogP contribution < -0.4 is 5.32 Å². The van der Waals surface area contributed by atoms with E-state index in [-0.39, 0.29) is 0 Å². The van der Waals surface area contributed by atoms with Gasteiger partial charge in [-0.3, -0.25) is 0 Å². The van der Waals surface area contributed by atoms with E-state index in [0.717, 1.165) is 6.54 Å². The number of nitrogens with one attached hydrogen (secondary N) is 1. The van der Waals surface area contributed by atoms with Crippen LogP contribution in [0.3, 0.4) is 0 Å². The molecule has 1 saturated heterocycles. The minimum atomic E-state index is -1.71. The Morgan fingerprint density at radius 2 is 2.30 bits per heavy atom. The first kappa shape index (κ1) is 8.11. The summed E-state index contributed by atoms with van der Waals surface area (Å²) in [7, 11) is 10.4. The maximum Gasteiger partial charge on any atom is 0.103 e. The van der Waals surface area contributed by atoms with Gasteiger partial charge in [0.05, 0.1) is 12.7 Å². The van der Waals surface area contributed by atoms with E-state index >= 15 is 0 Å². The molecule has 10 heavy (non-hydrogen) atoms. The molecular formula is C5H9B2NO2. The predicted octanol–water partition coefficient (Wildman–Crippen LogP) is -2.04. The molecule has 0 saturated carbocycles. The quantitative estimate of drug-likeness (QED) is 0.409. The number of morpholine rings is 1. The molecule has 1 aliphatic heterocycles. The highest BCUT2D eigenvalue weighted by Crippen LogP contribution is 2.06. The summed E-state index contributed by atoms with van der Waals surface area (Å²) in [5.41, 5.74) is 0. The first-order chi connectivity index (χ1) is 4.61. The number of aliphatic hydroxyl groups is 1. The standard InChI is InChI=1S/C5H9B2NO2/c6-5(7,9)4-3-8-1-2-10-4/h4,8-9H,1-3H2/t4-/m1/s1. The maximum atomic E-state index is 9.03. The number of ether oxygens (including phenoxy) is 1. The van der Waals surface area contributed by atoms with Gasteiger partial charge in [0.15, 0.2) is 0 Å². The molecule has 1 rings (SSSR count). The van der Waals surface area contributed by atoms with Crippen LogP contribution in [0.25, 0.3) is 0 Å². The number of rotatable bonds is 1. The lowest BCUT2D eigenvalue weighted by Crippen LogP contribution is -2.54. The Hall–Kier alpha value is 0.00987.